The molecule has 102 valence electrons. The molecule has 0 saturated heterocycles. The van der Waals surface area contributed by atoms with Gasteiger partial charge in [0.15, 0.2) is 0 Å². The van der Waals surface area contributed by atoms with Gasteiger partial charge in [0, 0.05) is 6.04 Å². The molecule has 0 spiro atoms. The molecule has 3 heteroatoms. The maximum atomic E-state index is 13.1. The number of halogens is 1. The minimum Gasteiger partial charge on any atom is -0.377 e. The summed E-state index contributed by atoms with van der Waals surface area (Å²) in [5.41, 5.74) is 1.01. The second-order valence-corrected chi connectivity index (χ2v) is 4.87. The highest BCUT2D eigenvalue weighted by molar-refractivity contribution is 5.17. The second kappa shape index (κ2) is 8.22. The summed E-state index contributed by atoms with van der Waals surface area (Å²) in [6.07, 6.45) is 2.11. The van der Waals surface area contributed by atoms with Gasteiger partial charge in [0.1, 0.15) is 5.82 Å². The molecule has 0 heterocycles. The molecule has 0 aliphatic heterocycles. The van der Waals surface area contributed by atoms with Crippen LogP contribution in [0.5, 0.6) is 0 Å². The Bertz CT molecular complexity index is 341. The molecule has 0 saturated carbocycles. The maximum absolute atomic E-state index is 13.1. The zero-order valence-electron chi connectivity index (χ0n) is 11.6. The summed E-state index contributed by atoms with van der Waals surface area (Å²) in [6, 6.07) is 7.02. The first-order chi connectivity index (χ1) is 8.61. The summed E-state index contributed by atoms with van der Waals surface area (Å²) in [4.78, 5) is 0. The van der Waals surface area contributed by atoms with E-state index in [4.69, 9.17) is 4.74 Å². The van der Waals surface area contributed by atoms with Gasteiger partial charge in [0.25, 0.3) is 0 Å². The third-order valence-electron chi connectivity index (χ3n) is 2.68. The number of hydrogen-bond acceptors (Lipinski definition) is 2. The predicted octanol–water partition coefficient (Wildman–Crippen LogP) is 3.16. The lowest BCUT2D eigenvalue weighted by Gasteiger charge is -2.20. The topological polar surface area (TPSA) is 21.3 Å². The standard InChI is InChI=1S/C15H24FNO/c1-4-8-17-15(11-18-12(2)3)10-13-6-5-7-14(16)9-13/h5-7,9,12,15,17H,4,8,10-11H2,1-3H3. The number of hydrogen-bond donors (Lipinski definition) is 1. The van der Waals surface area contributed by atoms with Crippen molar-refractivity contribution in [3.05, 3.63) is 35.6 Å². The van der Waals surface area contributed by atoms with E-state index in [1.165, 1.54) is 6.07 Å². The molecular formula is C15H24FNO. The van der Waals surface area contributed by atoms with Gasteiger partial charge in [0.05, 0.1) is 12.7 Å². The monoisotopic (exact) mass is 253 g/mol. The number of nitrogens with one attached hydrogen (secondary N) is 1. The van der Waals surface area contributed by atoms with Crippen molar-refractivity contribution in [3.63, 3.8) is 0 Å². The predicted molar refractivity (Wildman–Crippen MR) is 73.3 cm³/mol. The van der Waals surface area contributed by atoms with E-state index in [9.17, 15) is 4.39 Å². The van der Waals surface area contributed by atoms with Crippen LogP contribution in [0.4, 0.5) is 4.39 Å². The molecule has 1 N–H and O–H groups in total. The van der Waals surface area contributed by atoms with Gasteiger partial charge in [-0.3, -0.25) is 0 Å². The first-order valence-corrected chi connectivity index (χ1v) is 6.71. The lowest BCUT2D eigenvalue weighted by atomic mass is 10.1. The van der Waals surface area contributed by atoms with Crippen molar-refractivity contribution in [1.29, 1.82) is 0 Å². The molecule has 0 fully saturated rings. The van der Waals surface area contributed by atoms with Crippen LogP contribution in [0.3, 0.4) is 0 Å². The van der Waals surface area contributed by atoms with Gasteiger partial charge in [-0.25, -0.2) is 4.39 Å². The fraction of sp³-hybridized carbons (Fsp3) is 0.600. The highest BCUT2D eigenvalue weighted by Crippen LogP contribution is 2.07. The fourth-order valence-corrected chi connectivity index (χ4v) is 1.80. The van der Waals surface area contributed by atoms with Crippen molar-refractivity contribution in [3.8, 4) is 0 Å². The van der Waals surface area contributed by atoms with Crippen LogP contribution >= 0.6 is 0 Å². The van der Waals surface area contributed by atoms with Crippen LogP contribution in [0.2, 0.25) is 0 Å². The zero-order valence-corrected chi connectivity index (χ0v) is 11.6. The van der Waals surface area contributed by atoms with E-state index < -0.39 is 0 Å². The van der Waals surface area contributed by atoms with Crippen molar-refractivity contribution < 1.29 is 9.13 Å². The molecule has 2 nitrogen and oxygen atoms in total. The van der Waals surface area contributed by atoms with Gasteiger partial charge in [-0.05, 0) is 50.9 Å². The van der Waals surface area contributed by atoms with Crippen molar-refractivity contribution in [2.75, 3.05) is 13.2 Å². The largest absolute Gasteiger partial charge is 0.377 e. The minimum absolute atomic E-state index is 0.175. The van der Waals surface area contributed by atoms with E-state index >= 15 is 0 Å². The summed E-state index contributed by atoms with van der Waals surface area (Å²) in [5.74, 6) is -0.175. The molecule has 1 rings (SSSR count). The van der Waals surface area contributed by atoms with E-state index in [1.807, 2.05) is 19.9 Å². The van der Waals surface area contributed by atoms with E-state index in [2.05, 4.69) is 12.2 Å². The molecular weight excluding hydrogens is 229 g/mol. The number of rotatable bonds is 8. The van der Waals surface area contributed by atoms with Crippen molar-refractivity contribution >= 4 is 0 Å². The van der Waals surface area contributed by atoms with Crippen molar-refractivity contribution in [1.82, 2.24) is 5.32 Å². The molecule has 1 aromatic rings. The third-order valence-corrected chi connectivity index (χ3v) is 2.68. The Morgan fingerprint density at radius 1 is 1.33 bits per heavy atom. The van der Waals surface area contributed by atoms with Gasteiger partial charge in [-0.1, -0.05) is 19.1 Å². The molecule has 18 heavy (non-hydrogen) atoms. The molecule has 1 aromatic carbocycles. The van der Waals surface area contributed by atoms with E-state index in [1.54, 1.807) is 12.1 Å². The lowest BCUT2D eigenvalue weighted by Crippen LogP contribution is -2.36. The molecule has 0 aliphatic rings. The Morgan fingerprint density at radius 2 is 2.11 bits per heavy atom. The van der Waals surface area contributed by atoms with E-state index in [-0.39, 0.29) is 18.0 Å². The smallest absolute Gasteiger partial charge is 0.123 e. The number of benzene rings is 1. The molecule has 1 atom stereocenters. The van der Waals surface area contributed by atoms with Gasteiger partial charge in [0.2, 0.25) is 0 Å². The van der Waals surface area contributed by atoms with Gasteiger partial charge >= 0.3 is 0 Å². The molecule has 0 aliphatic carbocycles. The molecule has 0 aromatic heterocycles. The van der Waals surface area contributed by atoms with E-state index in [0.717, 1.165) is 24.9 Å². The Balaban J connectivity index is 2.53. The van der Waals surface area contributed by atoms with Crippen LogP contribution in [0.25, 0.3) is 0 Å². The molecule has 0 bridgehead atoms. The second-order valence-electron chi connectivity index (χ2n) is 4.87. The summed E-state index contributed by atoms with van der Waals surface area (Å²) < 4.78 is 18.8. The number of ether oxygens (including phenoxy) is 1. The molecule has 1 unspecified atom stereocenters. The third kappa shape index (κ3) is 6.12. The lowest BCUT2D eigenvalue weighted by molar-refractivity contribution is 0.0613. The van der Waals surface area contributed by atoms with Crippen molar-refractivity contribution in [2.45, 2.75) is 45.8 Å². The minimum atomic E-state index is -0.175. The average Bonchev–Trinajstić information content (AvgIpc) is 2.32. The summed E-state index contributed by atoms with van der Waals surface area (Å²) in [7, 11) is 0. The Morgan fingerprint density at radius 3 is 2.72 bits per heavy atom. The van der Waals surface area contributed by atoms with Gasteiger partial charge in [-0.15, -0.1) is 0 Å². The Hall–Kier alpha value is -0.930. The fourth-order valence-electron chi connectivity index (χ4n) is 1.80. The SMILES string of the molecule is CCCNC(COC(C)C)Cc1cccc(F)c1. The van der Waals surface area contributed by atoms with E-state index in [0.29, 0.717) is 6.61 Å². The molecule has 0 amide bonds. The molecule has 0 radical (unpaired) electrons. The zero-order chi connectivity index (χ0) is 13.4. The van der Waals surface area contributed by atoms with Crippen LogP contribution in [0.1, 0.15) is 32.8 Å². The summed E-state index contributed by atoms with van der Waals surface area (Å²) >= 11 is 0. The van der Waals surface area contributed by atoms with Gasteiger partial charge < -0.3 is 10.1 Å². The average molecular weight is 253 g/mol. The van der Waals surface area contributed by atoms with Crippen LogP contribution in [-0.4, -0.2) is 25.3 Å². The Kier molecular flexibility index (Phi) is 6.91. The highest BCUT2D eigenvalue weighted by atomic mass is 19.1. The Labute approximate surface area is 110 Å². The first kappa shape index (κ1) is 15.1. The summed E-state index contributed by atoms with van der Waals surface area (Å²) in [5, 5.41) is 3.45. The normalized spacial score (nSPS) is 12.9. The van der Waals surface area contributed by atoms with Gasteiger partial charge in [-0.2, -0.15) is 0 Å². The first-order valence-electron chi connectivity index (χ1n) is 6.71. The maximum Gasteiger partial charge on any atom is 0.123 e. The van der Waals surface area contributed by atoms with Crippen LogP contribution < -0.4 is 5.32 Å². The van der Waals surface area contributed by atoms with Crippen molar-refractivity contribution in [2.24, 2.45) is 0 Å². The van der Waals surface area contributed by atoms with Crippen LogP contribution in [-0.2, 0) is 11.2 Å². The van der Waals surface area contributed by atoms with Crippen LogP contribution in [0.15, 0.2) is 24.3 Å². The quantitative estimate of drug-likeness (QED) is 0.768. The highest BCUT2D eigenvalue weighted by Gasteiger charge is 2.10. The van der Waals surface area contributed by atoms with Crippen LogP contribution in [0, 0.1) is 5.82 Å². The summed E-state index contributed by atoms with van der Waals surface area (Å²) in [6.45, 7) is 7.81.